The van der Waals surface area contributed by atoms with E-state index >= 15 is 0 Å². The Morgan fingerprint density at radius 2 is 1.54 bits per heavy atom. The third-order valence-corrected chi connectivity index (χ3v) is 4.27. The number of hydrogen-bond donors (Lipinski definition) is 0. The molecule has 0 amide bonds. The zero-order valence-corrected chi connectivity index (χ0v) is 14.6. The third kappa shape index (κ3) is 2.91. The number of hydrogen-bond acceptors (Lipinski definition) is 3. The van der Waals surface area contributed by atoms with Gasteiger partial charge in [0.15, 0.2) is 5.82 Å². The molecule has 2 heterocycles. The van der Waals surface area contributed by atoms with E-state index in [9.17, 15) is 0 Å². The summed E-state index contributed by atoms with van der Waals surface area (Å²) >= 11 is 0. The summed E-state index contributed by atoms with van der Waals surface area (Å²) in [5.41, 5.74) is 4.67. The van der Waals surface area contributed by atoms with Gasteiger partial charge in [0, 0.05) is 12.6 Å². The average molecular weight is 339 g/mol. The summed E-state index contributed by atoms with van der Waals surface area (Å²) in [6.07, 6.45) is 1.85. The highest BCUT2D eigenvalue weighted by molar-refractivity contribution is 5.68. The van der Waals surface area contributed by atoms with Gasteiger partial charge in [0.25, 0.3) is 0 Å². The van der Waals surface area contributed by atoms with Gasteiger partial charge < -0.3 is 9.09 Å². The van der Waals surface area contributed by atoms with Crippen LogP contribution in [0.2, 0.25) is 0 Å². The minimum absolute atomic E-state index is 0.698. The number of nitrogens with zero attached hydrogens (tertiary/aromatic N) is 3. The van der Waals surface area contributed by atoms with Gasteiger partial charge in [-0.15, -0.1) is 0 Å². The van der Waals surface area contributed by atoms with Crippen LogP contribution in [0.3, 0.4) is 0 Å². The van der Waals surface area contributed by atoms with Crippen LogP contribution in [0.5, 0.6) is 0 Å². The van der Waals surface area contributed by atoms with Gasteiger partial charge in [-0.25, -0.2) is 4.98 Å². The molecular formula is C22H17N3O. The number of benzene rings is 2. The van der Waals surface area contributed by atoms with Crippen molar-refractivity contribution in [1.82, 2.24) is 14.7 Å². The highest BCUT2D eigenvalue weighted by Gasteiger charge is 2.13. The second kappa shape index (κ2) is 6.73. The zero-order chi connectivity index (χ0) is 17.9. The first-order chi connectivity index (χ1) is 12.7. The van der Waals surface area contributed by atoms with E-state index in [4.69, 9.17) is 4.52 Å². The first kappa shape index (κ1) is 15.9. The van der Waals surface area contributed by atoms with E-state index < -0.39 is 0 Å². The van der Waals surface area contributed by atoms with Gasteiger partial charge in [-0.2, -0.15) is 0 Å². The van der Waals surface area contributed by atoms with Gasteiger partial charge in [0.2, 0.25) is 0 Å². The van der Waals surface area contributed by atoms with Gasteiger partial charge in [-0.3, -0.25) is 0 Å². The molecule has 0 bridgehead atoms. The lowest BCUT2D eigenvalue weighted by molar-refractivity contribution is 0.399. The molecule has 0 aliphatic carbocycles. The Bertz CT molecular complexity index is 1100. The van der Waals surface area contributed by atoms with Crippen LogP contribution >= 0.6 is 0 Å². The van der Waals surface area contributed by atoms with Crippen molar-refractivity contribution in [3.8, 4) is 34.4 Å². The molecule has 2 aromatic heterocycles. The molecule has 0 saturated heterocycles. The molecule has 4 aromatic rings. The van der Waals surface area contributed by atoms with Gasteiger partial charge in [-0.05, 0) is 18.4 Å². The number of aryl methyl sites for hydroxylation is 1. The lowest BCUT2D eigenvalue weighted by Crippen LogP contribution is -1.95. The van der Waals surface area contributed by atoms with E-state index in [1.807, 2.05) is 73.3 Å². The van der Waals surface area contributed by atoms with Crippen molar-refractivity contribution in [1.29, 1.82) is 0 Å². The van der Waals surface area contributed by atoms with Gasteiger partial charge in [0.05, 0.1) is 17.5 Å². The molecule has 0 aliphatic rings. The Kier molecular flexibility index (Phi) is 4.12. The summed E-state index contributed by atoms with van der Waals surface area (Å²) in [4.78, 5) is 4.46. The van der Waals surface area contributed by atoms with Crippen LogP contribution in [0.1, 0.15) is 17.1 Å². The maximum Gasteiger partial charge on any atom is 0.185 e. The maximum absolute atomic E-state index is 5.36. The highest BCUT2D eigenvalue weighted by Crippen LogP contribution is 2.24. The topological polar surface area (TPSA) is 43.9 Å². The predicted molar refractivity (Wildman–Crippen MR) is 101 cm³/mol. The fourth-order valence-electron chi connectivity index (χ4n) is 2.83. The van der Waals surface area contributed by atoms with Crippen molar-refractivity contribution in [2.45, 2.75) is 6.92 Å². The number of rotatable bonds is 2. The van der Waals surface area contributed by atoms with Crippen molar-refractivity contribution in [3.05, 3.63) is 84.0 Å². The van der Waals surface area contributed by atoms with Crippen LogP contribution in [0.25, 0.3) is 22.5 Å². The van der Waals surface area contributed by atoms with E-state index in [-0.39, 0.29) is 0 Å². The van der Waals surface area contributed by atoms with Gasteiger partial charge in [-0.1, -0.05) is 71.7 Å². The zero-order valence-electron chi connectivity index (χ0n) is 14.6. The quantitative estimate of drug-likeness (QED) is 0.507. The smallest absolute Gasteiger partial charge is 0.185 e. The third-order valence-electron chi connectivity index (χ3n) is 4.27. The minimum atomic E-state index is 0.698. The van der Waals surface area contributed by atoms with Crippen molar-refractivity contribution in [2.24, 2.45) is 7.05 Å². The second-order valence-electron chi connectivity index (χ2n) is 5.97. The van der Waals surface area contributed by atoms with Crippen LogP contribution < -0.4 is 0 Å². The largest absolute Gasteiger partial charge is 0.360 e. The molecule has 0 atom stereocenters. The molecule has 0 spiro atoms. The molecule has 4 heteroatoms. The van der Waals surface area contributed by atoms with Crippen LogP contribution in [0, 0.1) is 18.8 Å². The Morgan fingerprint density at radius 3 is 2.23 bits per heavy atom. The van der Waals surface area contributed by atoms with Crippen LogP contribution in [-0.2, 0) is 7.05 Å². The monoisotopic (exact) mass is 339 g/mol. The molecule has 0 unspecified atom stereocenters. The Labute approximate surface area is 152 Å². The molecule has 2 aromatic carbocycles. The average Bonchev–Trinajstić information content (AvgIpc) is 3.24. The molecule has 126 valence electrons. The van der Waals surface area contributed by atoms with Gasteiger partial charge in [0.1, 0.15) is 11.5 Å². The molecular weight excluding hydrogens is 322 g/mol. The summed E-state index contributed by atoms with van der Waals surface area (Å²) in [5.74, 6) is 7.75. The molecule has 26 heavy (non-hydrogen) atoms. The normalized spacial score (nSPS) is 10.4. The molecule has 4 rings (SSSR count). The Morgan fingerprint density at radius 1 is 0.885 bits per heavy atom. The second-order valence-corrected chi connectivity index (χ2v) is 5.97. The number of aromatic nitrogens is 3. The molecule has 4 nitrogen and oxygen atoms in total. The molecule has 0 fully saturated rings. The minimum Gasteiger partial charge on any atom is -0.360 e. The van der Waals surface area contributed by atoms with E-state index in [1.165, 1.54) is 0 Å². The lowest BCUT2D eigenvalue weighted by atomic mass is 10.1. The summed E-state index contributed by atoms with van der Waals surface area (Å²) in [5, 5.41) is 4.17. The van der Waals surface area contributed by atoms with Crippen LogP contribution in [0.4, 0.5) is 0 Å². The first-order valence-corrected chi connectivity index (χ1v) is 8.35. The maximum atomic E-state index is 5.36. The highest BCUT2D eigenvalue weighted by atomic mass is 16.5. The van der Waals surface area contributed by atoms with Crippen LogP contribution in [-0.4, -0.2) is 14.7 Å². The predicted octanol–water partition coefficient (Wildman–Crippen LogP) is 4.45. The van der Waals surface area contributed by atoms with E-state index in [1.54, 1.807) is 0 Å². The Balaban J connectivity index is 1.72. The van der Waals surface area contributed by atoms with E-state index in [2.05, 4.69) is 34.1 Å². The van der Waals surface area contributed by atoms with Crippen molar-refractivity contribution >= 4 is 0 Å². The summed E-state index contributed by atoms with van der Waals surface area (Å²) in [7, 11) is 1.97. The lowest BCUT2D eigenvalue weighted by Gasteiger charge is -2.02. The fourth-order valence-corrected chi connectivity index (χ4v) is 2.83. The summed E-state index contributed by atoms with van der Waals surface area (Å²) < 4.78 is 7.36. The van der Waals surface area contributed by atoms with Crippen molar-refractivity contribution in [3.63, 3.8) is 0 Å². The van der Waals surface area contributed by atoms with E-state index in [0.29, 0.717) is 11.6 Å². The summed E-state index contributed by atoms with van der Waals surface area (Å²) in [6.45, 7) is 1.87. The van der Waals surface area contributed by atoms with Crippen molar-refractivity contribution in [2.75, 3.05) is 0 Å². The van der Waals surface area contributed by atoms with Crippen LogP contribution in [0.15, 0.2) is 71.4 Å². The summed E-state index contributed by atoms with van der Waals surface area (Å²) in [6, 6.07) is 20.1. The molecule has 0 N–H and O–H groups in total. The fraction of sp³-hybridized carbons (Fsp3) is 0.0909. The number of imidazole rings is 1. The molecule has 0 saturated carbocycles. The van der Waals surface area contributed by atoms with Crippen molar-refractivity contribution < 1.29 is 4.52 Å². The standard InChI is InChI=1S/C22H17N3O/c1-16-19(22(24-26-16)18-11-7-4-8-12-18)13-14-21-23-15-20(25(21)2)17-9-5-3-6-10-17/h3-12,15H,1-2H3. The first-order valence-electron chi connectivity index (χ1n) is 8.35. The SMILES string of the molecule is Cc1onc(-c2ccccc2)c1C#Cc1ncc(-c2ccccc2)n1C. The molecule has 0 aliphatic heterocycles. The molecule has 0 radical (unpaired) electrons. The Hall–Kier alpha value is -3.58. The van der Waals surface area contributed by atoms with Gasteiger partial charge >= 0.3 is 0 Å². The van der Waals surface area contributed by atoms with E-state index in [0.717, 1.165) is 28.1 Å².